The molecule has 0 radical (unpaired) electrons. The van der Waals surface area contributed by atoms with Crippen LogP contribution in [-0.2, 0) is 12.4 Å². The summed E-state index contributed by atoms with van der Waals surface area (Å²) in [4.78, 5) is 11.0. The molecule has 0 aliphatic carbocycles. The lowest BCUT2D eigenvalue weighted by molar-refractivity contribution is -0.162. The number of benzene rings is 1. The number of carbonyl (C=O) groups is 1. The second kappa shape index (κ2) is 4.29. The van der Waals surface area contributed by atoms with Crippen LogP contribution < -0.4 is 0 Å². The molecule has 1 nitrogen and oxygen atoms in total. The highest BCUT2D eigenvalue weighted by Gasteiger charge is 2.46. The lowest BCUT2D eigenvalue weighted by Gasteiger charge is -2.20. The van der Waals surface area contributed by atoms with E-state index < -0.39 is 40.4 Å². The summed E-state index contributed by atoms with van der Waals surface area (Å²) in [5.41, 5.74) is -5.26. The Bertz CT molecular complexity index is 484. The molecule has 0 spiro atoms. The molecule has 0 unspecified atom stereocenters. The molecule has 1 rings (SSSR count). The minimum atomic E-state index is -5.24. The molecule has 7 heteroatoms. The molecule has 0 heterocycles. The SMILES string of the molecule is CC(=O)c1ccc(C)c(C(F)(F)F)c1C(F)(F)F. The molecule has 1 aromatic carbocycles. The van der Waals surface area contributed by atoms with E-state index in [4.69, 9.17) is 0 Å². The highest BCUT2D eigenvalue weighted by molar-refractivity contribution is 5.96. The quantitative estimate of drug-likeness (QED) is 0.551. The van der Waals surface area contributed by atoms with Crippen LogP contribution in [0.25, 0.3) is 0 Å². The van der Waals surface area contributed by atoms with Crippen molar-refractivity contribution in [2.24, 2.45) is 0 Å². The molecule has 0 saturated heterocycles. The number of hydrogen-bond donors (Lipinski definition) is 0. The normalized spacial score (nSPS) is 12.7. The van der Waals surface area contributed by atoms with Gasteiger partial charge in [-0.25, -0.2) is 0 Å². The molecule has 0 amide bonds. The predicted octanol–water partition coefficient (Wildman–Crippen LogP) is 4.24. The lowest BCUT2D eigenvalue weighted by atomic mass is 9.94. The van der Waals surface area contributed by atoms with E-state index in [2.05, 4.69) is 0 Å². The second-order valence-corrected chi connectivity index (χ2v) is 3.73. The van der Waals surface area contributed by atoms with Gasteiger partial charge in [0.25, 0.3) is 0 Å². The van der Waals surface area contributed by atoms with Crippen molar-refractivity contribution in [3.8, 4) is 0 Å². The number of Topliss-reactive ketones (excluding diaryl/α,β-unsaturated/α-hetero) is 1. The van der Waals surface area contributed by atoms with Gasteiger partial charge in [0, 0.05) is 5.56 Å². The summed E-state index contributed by atoms with van der Waals surface area (Å²) in [5.74, 6) is -1.06. The first-order valence-corrected chi connectivity index (χ1v) is 4.75. The van der Waals surface area contributed by atoms with Crippen LogP contribution in [0.2, 0.25) is 0 Å². The van der Waals surface area contributed by atoms with Crippen LogP contribution in [0.5, 0.6) is 0 Å². The maximum atomic E-state index is 12.7. The average Bonchev–Trinajstić information content (AvgIpc) is 2.13. The van der Waals surface area contributed by atoms with Gasteiger partial charge in [0.2, 0.25) is 0 Å². The Morgan fingerprint density at radius 1 is 0.944 bits per heavy atom. The summed E-state index contributed by atoms with van der Waals surface area (Å²) in [6, 6.07) is 1.62. The van der Waals surface area contributed by atoms with Crippen molar-refractivity contribution in [2.75, 3.05) is 0 Å². The maximum absolute atomic E-state index is 12.7. The Morgan fingerprint density at radius 3 is 1.72 bits per heavy atom. The largest absolute Gasteiger partial charge is 0.417 e. The first-order chi connectivity index (χ1) is 7.96. The van der Waals surface area contributed by atoms with E-state index in [0.29, 0.717) is 0 Å². The molecule has 18 heavy (non-hydrogen) atoms. The standard InChI is InChI=1S/C11H8F6O/c1-5-3-4-7(6(2)18)9(11(15,16)17)8(5)10(12,13)14/h3-4H,1-2H3. The van der Waals surface area contributed by atoms with Gasteiger partial charge in [-0.2, -0.15) is 26.3 Å². The van der Waals surface area contributed by atoms with Gasteiger partial charge in [-0.15, -0.1) is 0 Å². The zero-order chi connectivity index (χ0) is 14.3. The van der Waals surface area contributed by atoms with Crippen LogP contribution in [0, 0.1) is 6.92 Å². The summed E-state index contributed by atoms with van der Waals surface area (Å²) in [6.07, 6.45) is -10.4. The van der Waals surface area contributed by atoms with E-state index in [1.54, 1.807) is 0 Å². The minimum Gasteiger partial charge on any atom is -0.294 e. The molecular weight excluding hydrogens is 262 g/mol. The number of hydrogen-bond acceptors (Lipinski definition) is 1. The van der Waals surface area contributed by atoms with Crippen molar-refractivity contribution in [2.45, 2.75) is 26.2 Å². The van der Waals surface area contributed by atoms with Crippen LogP contribution in [0.15, 0.2) is 12.1 Å². The fraction of sp³-hybridized carbons (Fsp3) is 0.364. The monoisotopic (exact) mass is 270 g/mol. The molecule has 0 atom stereocenters. The minimum absolute atomic E-state index is 0.570. The number of rotatable bonds is 1. The number of alkyl halides is 6. The first kappa shape index (κ1) is 14.5. The number of halogens is 6. The van der Waals surface area contributed by atoms with Crippen molar-refractivity contribution in [1.29, 1.82) is 0 Å². The zero-order valence-corrected chi connectivity index (χ0v) is 9.33. The highest BCUT2D eigenvalue weighted by Crippen LogP contribution is 2.43. The fourth-order valence-corrected chi connectivity index (χ4v) is 1.66. The van der Waals surface area contributed by atoms with Crippen LogP contribution in [0.4, 0.5) is 26.3 Å². The summed E-state index contributed by atoms with van der Waals surface area (Å²) >= 11 is 0. The summed E-state index contributed by atoms with van der Waals surface area (Å²) in [7, 11) is 0. The smallest absolute Gasteiger partial charge is 0.294 e. The molecular formula is C11H8F6O. The van der Waals surface area contributed by atoms with Crippen LogP contribution in [-0.4, -0.2) is 5.78 Å². The topological polar surface area (TPSA) is 17.1 Å². The molecule has 0 bridgehead atoms. The molecule has 1 aromatic rings. The Kier molecular flexibility index (Phi) is 3.47. The first-order valence-electron chi connectivity index (χ1n) is 4.75. The lowest BCUT2D eigenvalue weighted by Crippen LogP contribution is -2.21. The van der Waals surface area contributed by atoms with E-state index >= 15 is 0 Å². The average molecular weight is 270 g/mol. The number of aryl methyl sites for hydroxylation is 1. The molecule has 0 saturated carbocycles. The fourth-order valence-electron chi connectivity index (χ4n) is 1.66. The van der Waals surface area contributed by atoms with E-state index in [1.165, 1.54) is 0 Å². The van der Waals surface area contributed by atoms with Gasteiger partial charge in [-0.1, -0.05) is 12.1 Å². The Morgan fingerprint density at radius 2 is 1.39 bits per heavy atom. The third-order valence-electron chi connectivity index (χ3n) is 2.36. The third kappa shape index (κ3) is 2.65. The van der Waals surface area contributed by atoms with E-state index in [0.717, 1.165) is 26.0 Å². The van der Waals surface area contributed by atoms with Gasteiger partial charge >= 0.3 is 12.4 Å². The van der Waals surface area contributed by atoms with Crippen LogP contribution >= 0.6 is 0 Å². The Balaban J connectivity index is 3.79. The van der Waals surface area contributed by atoms with Crippen molar-refractivity contribution in [3.63, 3.8) is 0 Å². The van der Waals surface area contributed by atoms with Crippen molar-refractivity contribution in [3.05, 3.63) is 34.4 Å². The molecule has 0 aliphatic heterocycles. The Labute approximate surface area is 98.4 Å². The summed E-state index contributed by atoms with van der Waals surface area (Å²) in [6.45, 7) is 1.71. The highest BCUT2D eigenvalue weighted by atomic mass is 19.4. The van der Waals surface area contributed by atoms with E-state index in [-0.39, 0.29) is 0 Å². The van der Waals surface area contributed by atoms with Crippen LogP contribution in [0.3, 0.4) is 0 Å². The molecule has 0 aliphatic rings. The van der Waals surface area contributed by atoms with Gasteiger partial charge in [0.1, 0.15) is 0 Å². The van der Waals surface area contributed by atoms with Gasteiger partial charge in [0.15, 0.2) is 5.78 Å². The van der Waals surface area contributed by atoms with Gasteiger partial charge in [-0.3, -0.25) is 4.79 Å². The number of ketones is 1. The molecule has 0 aromatic heterocycles. The summed E-state index contributed by atoms with van der Waals surface area (Å²) in [5, 5.41) is 0. The van der Waals surface area contributed by atoms with E-state index in [9.17, 15) is 31.1 Å². The predicted molar refractivity (Wildman–Crippen MR) is 51.2 cm³/mol. The van der Waals surface area contributed by atoms with Crippen molar-refractivity contribution in [1.82, 2.24) is 0 Å². The molecule has 0 N–H and O–H groups in total. The summed E-state index contributed by atoms with van der Waals surface area (Å²) < 4.78 is 76.2. The van der Waals surface area contributed by atoms with Gasteiger partial charge < -0.3 is 0 Å². The molecule has 100 valence electrons. The van der Waals surface area contributed by atoms with E-state index in [1.807, 2.05) is 0 Å². The zero-order valence-electron chi connectivity index (χ0n) is 9.33. The second-order valence-electron chi connectivity index (χ2n) is 3.73. The molecule has 0 fully saturated rings. The van der Waals surface area contributed by atoms with Crippen molar-refractivity contribution < 1.29 is 31.1 Å². The number of carbonyl (C=O) groups excluding carboxylic acids is 1. The van der Waals surface area contributed by atoms with Gasteiger partial charge in [-0.05, 0) is 19.4 Å². The van der Waals surface area contributed by atoms with Crippen molar-refractivity contribution >= 4 is 5.78 Å². The maximum Gasteiger partial charge on any atom is 0.417 e. The van der Waals surface area contributed by atoms with Crippen LogP contribution in [0.1, 0.15) is 34.0 Å². The Hall–Kier alpha value is -1.53. The van der Waals surface area contributed by atoms with Gasteiger partial charge in [0.05, 0.1) is 11.1 Å². The third-order valence-corrected chi connectivity index (χ3v) is 2.36.